The summed E-state index contributed by atoms with van der Waals surface area (Å²) in [5.41, 5.74) is 3.41. The van der Waals surface area contributed by atoms with E-state index in [1.54, 1.807) is 7.11 Å². The van der Waals surface area contributed by atoms with Crippen molar-refractivity contribution >= 4 is 16.8 Å². The second-order valence-corrected chi connectivity index (χ2v) is 8.93. The predicted molar refractivity (Wildman–Crippen MR) is 114 cm³/mol. The van der Waals surface area contributed by atoms with Crippen molar-refractivity contribution in [3.05, 3.63) is 29.5 Å². The minimum absolute atomic E-state index is 0.0275. The van der Waals surface area contributed by atoms with E-state index < -0.39 is 0 Å². The largest absolute Gasteiger partial charge is 0.497 e. The van der Waals surface area contributed by atoms with Gasteiger partial charge < -0.3 is 29.8 Å². The molecule has 7 nitrogen and oxygen atoms in total. The number of hydrogen-bond donors (Lipinski definition) is 3. The summed E-state index contributed by atoms with van der Waals surface area (Å²) in [7, 11) is 1.68. The number of carbonyl (C=O) groups is 1. The molecule has 1 aromatic heterocycles. The van der Waals surface area contributed by atoms with Crippen LogP contribution in [0.5, 0.6) is 5.75 Å². The van der Waals surface area contributed by atoms with Gasteiger partial charge in [0.1, 0.15) is 5.75 Å². The summed E-state index contributed by atoms with van der Waals surface area (Å²) in [5.74, 6) is 1.24. The van der Waals surface area contributed by atoms with Crippen molar-refractivity contribution < 1.29 is 19.4 Å². The number of H-pyrrole nitrogens is 1. The zero-order chi connectivity index (χ0) is 20.7. The lowest BCUT2D eigenvalue weighted by molar-refractivity contribution is -0.140. The highest BCUT2D eigenvalue weighted by Gasteiger charge is 2.45. The van der Waals surface area contributed by atoms with E-state index in [1.807, 2.05) is 12.1 Å². The fourth-order valence-electron chi connectivity index (χ4n) is 5.61. The van der Waals surface area contributed by atoms with Crippen LogP contribution in [0.1, 0.15) is 43.0 Å². The molecule has 1 spiro atoms. The van der Waals surface area contributed by atoms with Crippen molar-refractivity contribution in [1.82, 2.24) is 15.2 Å². The number of aromatic amines is 1. The Morgan fingerprint density at radius 1 is 1.30 bits per heavy atom. The number of aliphatic hydroxyl groups is 1. The molecule has 3 aliphatic rings. The first-order chi connectivity index (χ1) is 14.6. The van der Waals surface area contributed by atoms with E-state index in [1.165, 1.54) is 10.9 Å². The maximum Gasteiger partial charge on any atom is 0.225 e. The van der Waals surface area contributed by atoms with E-state index in [4.69, 9.17) is 9.47 Å². The van der Waals surface area contributed by atoms with Gasteiger partial charge in [0.25, 0.3) is 0 Å². The Kier molecular flexibility index (Phi) is 5.21. The van der Waals surface area contributed by atoms with Gasteiger partial charge in [-0.1, -0.05) is 0 Å². The molecule has 3 aliphatic heterocycles. The predicted octanol–water partition coefficient (Wildman–Crippen LogP) is 2.10. The highest BCUT2D eigenvalue weighted by molar-refractivity contribution is 5.88. The first-order valence-electron chi connectivity index (χ1n) is 11.1. The summed E-state index contributed by atoms with van der Waals surface area (Å²) < 4.78 is 10.8. The van der Waals surface area contributed by atoms with Gasteiger partial charge in [0.05, 0.1) is 19.8 Å². The quantitative estimate of drug-likeness (QED) is 0.717. The van der Waals surface area contributed by atoms with Gasteiger partial charge in [-0.25, -0.2) is 0 Å². The van der Waals surface area contributed by atoms with E-state index in [2.05, 4.69) is 21.3 Å². The normalized spacial score (nSPS) is 24.2. The van der Waals surface area contributed by atoms with Crippen LogP contribution in [0.25, 0.3) is 10.9 Å². The summed E-state index contributed by atoms with van der Waals surface area (Å²) in [6.07, 6.45) is 3.54. The number of ether oxygens (including phenoxy) is 2. The third-order valence-electron chi connectivity index (χ3n) is 7.39. The van der Waals surface area contributed by atoms with Gasteiger partial charge in [-0.05, 0) is 43.4 Å². The third kappa shape index (κ3) is 3.20. The molecule has 0 unspecified atom stereocenters. The Morgan fingerprint density at radius 3 is 2.77 bits per heavy atom. The van der Waals surface area contributed by atoms with Crippen LogP contribution in [0.3, 0.4) is 0 Å². The van der Waals surface area contributed by atoms with Crippen LogP contribution in [-0.4, -0.2) is 67.5 Å². The Hall–Kier alpha value is -2.09. The molecule has 2 aromatic rings. The van der Waals surface area contributed by atoms with E-state index in [9.17, 15) is 9.90 Å². The molecule has 3 N–H and O–H groups in total. The van der Waals surface area contributed by atoms with Crippen molar-refractivity contribution in [3.63, 3.8) is 0 Å². The monoisotopic (exact) mass is 413 g/mol. The fourth-order valence-corrected chi connectivity index (χ4v) is 5.61. The standard InChI is InChI=1S/C23H31N3O4/c1-29-16-2-3-17-18(12-16)25-21-19(13-27)24-14-23(20(17)21)6-8-26(9-7-23)22(28)15-4-10-30-11-5-15/h2-3,12,15,19,24-25,27H,4-11,13-14H2,1H3/t19-/m1/s1. The highest BCUT2D eigenvalue weighted by Crippen LogP contribution is 2.46. The molecule has 2 saturated heterocycles. The van der Waals surface area contributed by atoms with Crippen molar-refractivity contribution in [3.8, 4) is 5.75 Å². The number of nitrogens with one attached hydrogen (secondary N) is 2. The minimum atomic E-state index is -0.0917. The molecule has 4 heterocycles. The van der Waals surface area contributed by atoms with Crippen LogP contribution >= 0.6 is 0 Å². The van der Waals surface area contributed by atoms with E-state index in [0.29, 0.717) is 19.1 Å². The number of piperidine rings is 1. The number of fused-ring (bicyclic) bond motifs is 4. The van der Waals surface area contributed by atoms with E-state index >= 15 is 0 Å². The molecule has 0 saturated carbocycles. The molecular formula is C23H31N3O4. The Bertz CT molecular complexity index is 926. The maximum absolute atomic E-state index is 13.0. The summed E-state index contributed by atoms with van der Waals surface area (Å²) >= 11 is 0. The zero-order valence-electron chi connectivity index (χ0n) is 17.6. The van der Waals surface area contributed by atoms with Crippen molar-refractivity contribution in [2.75, 3.05) is 46.6 Å². The van der Waals surface area contributed by atoms with Gasteiger partial charge in [0, 0.05) is 66.8 Å². The van der Waals surface area contributed by atoms with Gasteiger partial charge in [-0.2, -0.15) is 0 Å². The lowest BCUT2D eigenvalue weighted by Crippen LogP contribution is -2.54. The number of likely N-dealkylation sites (tertiary alicyclic amines) is 1. The lowest BCUT2D eigenvalue weighted by atomic mass is 9.69. The second-order valence-electron chi connectivity index (χ2n) is 8.93. The second kappa shape index (κ2) is 7.87. The van der Waals surface area contributed by atoms with Gasteiger partial charge in [0.15, 0.2) is 0 Å². The van der Waals surface area contributed by atoms with Crippen LogP contribution in [0.4, 0.5) is 0 Å². The summed E-state index contributed by atoms with van der Waals surface area (Å²) in [6, 6.07) is 6.07. The van der Waals surface area contributed by atoms with Gasteiger partial charge >= 0.3 is 0 Å². The first kappa shape index (κ1) is 19.8. The average Bonchev–Trinajstić information content (AvgIpc) is 3.20. The molecule has 5 rings (SSSR count). The number of aromatic nitrogens is 1. The first-order valence-corrected chi connectivity index (χ1v) is 11.1. The lowest BCUT2D eigenvalue weighted by Gasteiger charge is -2.47. The third-order valence-corrected chi connectivity index (χ3v) is 7.39. The maximum atomic E-state index is 13.0. The molecule has 30 heavy (non-hydrogen) atoms. The van der Waals surface area contributed by atoms with Crippen LogP contribution in [0.2, 0.25) is 0 Å². The Labute approximate surface area is 176 Å². The molecule has 0 bridgehead atoms. The van der Waals surface area contributed by atoms with E-state index in [-0.39, 0.29) is 24.0 Å². The van der Waals surface area contributed by atoms with E-state index in [0.717, 1.165) is 62.3 Å². The number of benzene rings is 1. The molecular weight excluding hydrogens is 382 g/mol. The number of nitrogens with zero attached hydrogens (tertiary/aromatic N) is 1. The molecule has 2 fully saturated rings. The molecule has 0 radical (unpaired) electrons. The molecule has 7 heteroatoms. The number of hydrogen-bond acceptors (Lipinski definition) is 5. The Morgan fingerprint density at radius 2 is 2.07 bits per heavy atom. The summed E-state index contributed by atoms with van der Waals surface area (Å²) in [5, 5.41) is 14.7. The number of rotatable bonds is 3. The SMILES string of the molecule is COc1ccc2c3c([nH]c2c1)[C@@H](CO)NCC31CCN(C(=O)C2CCOCC2)CC1. The zero-order valence-corrected chi connectivity index (χ0v) is 17.6. The van der Waals surface area contributed by atoms with Gasteiger partial charge in [0.2, 0.25) is 5.91 Å². The molecule has 1 amide bonds. The van der Waals surface area contributed by atoms with Gasteiger partial charge in [-0.3, -0.25) is 4.79 Å². The average molecular weight is 414 g/mol. The molecule has 162 valence electrons. The fraction of sp³-hybridized carbons (Fsp3) is 0.609. The Balaban J connectivity index is 1.44. The molecule has 1 aromatic carbocycles. The number of aliphatic hydroxyl groups excluding tert-OH is 1. The van der Waals surface area contributed by atoms with Crippen molar-refractivity contribution in [2.45, 2.75) is 37.1 Å². The highest BCUT2D eigenvalue weighted by atomic mass is 16.5. The molecule has 0 aliphatic carbocycles. The van der Waals surface area contributed by atoms with Crippen LogP contribution in [0, 0.1) is 5.92 Å². The summed E-state index contributed by atoms with van der Waals surface area (Å²) in [4.78, 5) is 18.6. The van der Waals surface area contributed by atoms with Crippen molar-refractivity contribution in [2.24, 2.45) is 5.92 Å². The minimum Gasteiger partial charge on any atom is -0.497 e. The number of amides is 1. The topological polar surface area (TPSA) is 86.8 Å². The molecule has 1 atom stereocenters. The number of methoxy groups -OCH3 is 1. The summed E-state index contributed by atoms with van der Waals surface area (Å²) in [6.45, 7) is 3.84. The van der Waals surface area contributed by atoms with Crippen LogP contribution in [-0.2, 0) is 14.9 Å². The van der Waals surface area contributed by atoms with Crippen LogP contribution in [0.15, 0.2) is 18.2 Å². The van der Waals surface area contributed by atoms with Gasteiger partial charge in [-0.15, -0.1) is 0 Å². The smallest absolute Gasteiger partial charge is 0.225 e. The van der Waals surface area contributed by atoms with Crippen molar-refractivity contribution in [1.29, 1.82) is 0 Å². The number of carbonyl (C=O) groups excluding carboxylic acids is 1. The van der Waals surface area contributed by atoms with Crippen LogP contribution < -0.4 is 10.1 Å².